The molecular formula is C18H21N3O6S2. The number of esters is 1. The first kappa shape index (κ1) is 22.7. The summed E-state index contributed by atoms with van der Waals surface area (Å²) in [6.07, 6.45) is 0. The Morgan fingerprint density at radius 1 is 1.17 bits per heavy atom. The van der Waals surface area contributed by atoms with Crippen LogP contribution in [0.2, 0.25) is 0 Å². The minimum atomic E-state index is -3.92. The van der Waals surface area contributed by atoms with Gasteiger partial charge in [-0.05, 0) is 26.0 Å². The van der Waals surface area contributed by atoms with E-state index >= 15 is 0 Å². The Kier molecular flexibility index (Phi) is 7.59. The fourth-order valence-corrected chi connectivity index (χ4v) is 4.18. The Bertz CT molecular complexity index is 999. The van der Waals surface area contributed by atoms with E-state index in [1.54, 1.807) is 5.38 Å². The van der Waals surface area contributed by atoms with Crippen molar-refractivity contribution < 1.29 is 27.5 Å². The second-order valence-corrected chi connectivity index (χ2v) is 8.55. The third-order valence-electron chi connectivity index (χ3n) is 3.83. The van der Waals surface area contributed by atoms with Gasteiger partial charge in [0.1, 0.15) is 13.2 Å². The van der Waals surface area contributed by atoms with Crippen LogP contribution in [0.4, 0.5) is 5.13 Å². The van der Waals surface area contributed by atoms with Gasteiger partial charge in [-0.1, -0.05) is 12.1 Å². The van der Waals surface area contributed by atoms with E-state index < -0.39 is 22.5 Å². The number of thiazole rings is 1. The van der Waals surface area contributed by atoms with Gasteiger partial charge in [0.05, 0.1) is 10.6 Å². The van der Waals surface area contributed by atoms with Crippen LogP contribution in [-0.2, 0) is 31.0 Å². The first-order valence-corrected chi connectivity index (χ1v) is 11.0. The summed E-state index contributed by atoms with van der Waals surface area (Å²) in [4.78, 5) is 40.3. The van der Waals surface area contributed by atoms with Crippen molar-refractivity contribution in [2.75, 3.05) is 18.0 Å². The standard InChI is InChI=1S/C18H21N3O6S2/c1-4-21(13(3)23)18-20-15(11-28-18)10-27-17(24)9-19-29(25,26)16-7-5-14(6-8-16)12(2)22/h5-8,11,19H,4,9-10H2,1-3H3. The molecule has 0 fully saturated rings. The van der Waals surface area contributed by atoms with Gasteiger partial charge in [-0.2, -0.15) is 4.72 Å². The van der Waals surface area contributed by atoms with E-state index in [-0.39, 0.29) is 23.2 Å². The number of ketones is 1. The maximum atomic E-state index is 12.2. The molecule has 9 nitrogen and oxygen atoms in total. The number of carbonyl (C=O) groups is 3. The van der Waals surface area contributed by atoms with Gasteiger partial charge in [-0.15, -0.1) is 11.3 Å². The molecule has 11 heteroatoms. The van der Waals surface area contributed by atoms with Crippen LogP contribution >= 0.6 is 11.3 Å². The average molecular weight is 440 g/mol. The third-order valence-corrected chi connectivity index (χ3v) is 6.16. The zero-order valence-electron chi connectivity index (χ0n) is 16.2. The molecule has 1 aromatic heterocycles. The minimum Gasteiger partial charge on any atom is -0.458 e. The Morgan fingerprint density at radius 3 is 2.38 bits per heavy atom. The molecule has 0 saturated carbocycles. The molecule has 1 aromatic carbocycles. The van der Waals surface area contributed by atoms with Gasteiger partial charge >= 0.3 is 5.97 Å². The van der Waals surface area contributed by atoms with Crippen LogP contribution < -0.4 is 9.62 Å². The van der Waals surface area contributed by atoms with Crippen LogP contribution in [0, 0.1) is 0 Å². The quantitative estimate of drug-likeness (QED) is 0.466. The number of sulfonamides is 1. The number of hydrogen-bond acceptors (Lipinski definition) is 8. The summed E-state index contributed by atoms with van der Waals surface area (Å²) in [5.41, 5.74) is 0.845. The maximum Gasteiger partial charge on any atom is 0.321 e. The van der Waals surface area contributed by atoms with Crippen molar-refractivity contribution >= 4 is 44.2 Å². The molecule has 0 bridgehead atoms. The highest BCUT2D eigenvalue weighted by Gasteiger charge is 2.17. The molecule has 1 N–H and O–H groups in total. The second-order valence-electron chi connectivity index (χ2n) is 5.95. The van der Waals surface area contributed by atoms with Crippen molar-refractivity contribution in [2.24, 2.45) is 0 Å². The first-order chi connectivity index (χ1) is 13.6. The number of benzene rings is 1. The Labute approximate surface area is 172 Å². The summed E-state index contributed by atoms with van der Waals surface area (Å²) in [6.45, 7) is 4.41. The minimum absolute atomic E-state index is 0.0664. The van der Waals surface area contributed by atoms with Gasteiger partial charge in [0.15, 0.2) is 10.9 Å². The van der Waals surface area contributed by atoms with Crippen LogP contribution in [-0.4, -0.2) is 44.2 Å². The van der Waals surface area contributed by atoms with Crippen LogP contribution in [0.3, 0.4) is 0 Å². The number of hydrogen-bond donors (Lipinski definition) is 1. The third kappa shape index (κ3) is 6.17. The van der Waals surface area contributed by atoms with Crippen molar-refractivity contribution in [3.05, 3.63) is 40.9 Å². The molecule has 2 rings (SSSR count). The van der Waals surface area contributed by atoms with Crippen molar-refractivity contribution in [1.82, 2.24) is 9.71 Å². The SMILES string of the molecule is CCN(C(C)=O)c1nc(COC(=O)CNS(=O)(=O)c2ccc(C(C)=O)cc2)cs1. The molecule has 1 heterocycles. The van der Waals surface area contributed by atoms with Gasteiger partial charge in [0, 0.05) is 24.4 Å². The topological polar surface area (TPSA) is 123 Å². The van der Waals surface area contributed by atoms with Crippen molar-refractivity contribution in [3.63, 3.8) is 0 Å². The smallest absolute Gasteiger partial charge is 0.321 e. The van der Waals surface area contributed by atoms with Crippen molar-refractivity contribution in [1.29, 1.82) is 0 Å². The number of Topliss-reactive ketones (excluding diaryl/α,β-unsaturated/α-hetero) is 1. The van der Waals surface area contributed by atoms with E-state index in [1.165, 1.54) is 54.3 Å². The van der Waals surface area contributed by atoms with Gasteiger partial charge in [0.2, 0.25) is 15.9 Å². The Morgan fingerprint density at radius 2 is 1.83 bits per heavy atom. The Balaban J connectivity index is 1.89. The number of anilines is 1. The number of carbonyl (C=O) groups excluding carboxylic acids is 3. The van der Waals surface area contributed by atoms with Gasteiger partial charge in [-0.3, -0.25) is 19.3 Å². The molecule has 0 spiro atoms. The fraction of sp³-hybridized carbons (Fsp3) is 0.333. The van der Waals surface area contributed by atoms with Gasteiger partial charge in [0.25, 0.3) is 0 Å². The monoisotopic (exact) mass is 439 g/mol. The molecule has 0 unspecified atom stereocenters. The summed E-state index contributed by atoms with van der Waals surface area (Å²) in [5, 5.41) is 2.16. The average Bonchev–Trinajstić information content (AvgIpc) is 3.13. The predicted molar refractivity (Wildman–Crippen MR) is 107 cm³/mol. The summed E-state index contributed by atoms with van der Waals surface area (Å²) < 4.78 is 31.6. The molecule has 0 aliphatic carbocycles. The van der Waals surface area contributed by atoms with E-state index in [1.807, 2.05) is 6.92 Å². The molecule has 0 aliphatic heterocycles. The van der Waals surface area contributed by atoms with Crippen LogP contribution in [0.1, 0.15) is 36.8 Å². The van der Waals surface area contributed by atoms with Gasteiger partial charge < -0.3 is 4.74 Å². The second kappa shape index (κ2) is 9.72. The largest absolute Gasteiger partial charge is 0.458 e. The first-order valence-electron chi connectivity index (χ1n) is 8.63. The summed E-state index contributed by atoms with van der Waals surface area (Å²) >= 11 is 1.25. The number of nitrogens with one attached hydrogen (secondary N) is 1. The van der Waals surface area contributed by atoms with Crippen LogP contribution in [0.15, 0.2) is 34.5 Å². The van der Waals surface area contributed by atoms with Crippen molar-refractivity contribution in [2.45, 2.75) is 32.3 Å². The number of ether oxygens (including phenoxy) is 1. The zero-order chi connectivity index (χ0) is 21.6. The number of rotatable bonds is 9. The molecule has 0 atom stereocenters. The van der Waals surface area contributed by atoms with E-state index in [4.69, 9.17) is 4.74 Å². The van der Waals surface area contributed by atoms with E-state index in [0.717, 1.165) is 0 Å². The molecule has 0 radical (unpaired) electrons. The number of nitrogens with zero attached hydrogens (tertiary/aromatic N) is 2. The van der Waals surface area contributed by atoms with Crippen LogP contribution in [0.5, 0.6) is 0 Å². The maximum absolute atomic E-state index is 12.2. The van der Waals surface area contributed by atoms with Crippen LogP contribution in [0.25, 0.3) is 0 Å². The lowest BCUT2D eigenvalue weighted by Crippen LogP contribution is -2.30. The normalized spacial score (nSPS) is 11.1. The lowest BCUT2D eigenvalue weighted by atomic mass is 10.2. The highest BCUT2D eigenvalue weighted by molar-refractivity contribution is 7.89. The summed E-state index contributed by atoms with van der Waals surface area (Å²) in [6, 6.07) is 5.37. The summed E-state index contributed by atoms with van der Waals surface area (Å²) in [7, 11) is -3.92. The van der Waals surface area contributed by atoms with Gasteiger partial charge in [-0.25, -0.2) is 13.4 Å². The van der Waals surface area contributed by atoms with E-state index in [9.17, 15) is 22.8 Å². The molecule has 156 valence electrons. The molecule has 1 amide bonds. The predicted octanol–water partition coefficient (Wildman–Crippen LogP) is 1.74. The zero-order valence-corrected chi connectivity index (χ0v) is 17.8. The molecule has 29 heavy (non-hydrogen) atoms. The highest BCUT2D eigenvalue weighted by Crippen LogP contribution is 2.21. The van der Waals surface area contributed by atoms with Crippen molar-refractivity contribution in [3.8, 4) is 0 Å². The highest BCUT2D eigenvalue weighted by atomic mass is 32.2. The Hall–Kier alpha value is -2.63. The molecular weight excluding hydrogens is 418 g/mol. The number of amides is 1. The lowest BCUT2D eigenvalue weighted by Gasteiger charge is -2.14. The van der Waals surface area contributed by atoms with E-state index in [0.29, 0.717) is 22.9 Å². The van der Waals surface area contributed by atoms with E-state index in [2.05, 4.69) is 9.71 Å². The lowest BCUT2D eigenvalue weighted by molar-refractivity contribution is -0.143. The fourth-order valence-electron chi connectivity index (χ4n) is 2.29. The molecule has 2 aromatic rings. The molecule has 0 aliphatic rings. The number of aromatic nitrogens is 1. The molecule has 0 saturated heterocycles. The summed E-state index contributed by atoms with van der Waals surface area (Å²) in [5.74, 6) is -1.10.